The molecule has 2 heterocycles. The maximum Gasteiger partial charge on any atom is 0.449 e. The van der Waals surface area contributed by atoms with Crippen LogP contribution in [0.4, 0.5) is 13.2 Å². The summed E-state index contributed by atoms with van der Waals surface area (Å²) < 4.78 is 44.8. The van der Waals surface area contributed by atoms with Gasteiger partial charge in [-0.1, -0.05) is 72.8 Å². The molecule has 2 aromatic heterocycles. The third kappa shape index (κ3) is 6.24. The minimum Gasteiger partial charge on any atom is -0.481 e. The third-order valence-corrected chi connectivity index (χ3v) is 7.63. The summed E-state index contributed by atoms with van der Waals surface area (Å²) in [5, 5.41) is 11.7. The number of nitrogens with zero attached hydrogens (tertiary/aromatic N) is 2. The Bertz CT molecular complexity index is 1720. The minimum absolute atomic E-state index is 0.173. The third-order valence-electron chi connectivity index (χ3n) is 7.63. The topological polar surface area (TPSA) is 66.6 Å². The van der Waals surface area contributed by atoms with Crippen LogP contribution in [-0.4, -0.2) is 21.0 Å². The molecule has 0 bridgehead atoms. The van der Waals surface area contributed by atoms with E-state index in [2.05, 4.69) is 4.98 Å². The number of hydrogen-bond donors (Lipinski definition) is 1. The van der Waals surface area contributed by atoms with Crippen molar-refractivity contribution in [3.63, 3.8) is 0 Å². The highest BCUT2D eigenvalue weighted by Gasteiger charge is 2.35. The van der Waals surface area contributed by atoms with Crippen molar-refractivity contribution in [3.05, 3.63) is 125 Å². The van der Waals surface area contributed by atoms with E-state index in [1.807, 2.05) is 90.8 Å². The molecule has 0 fully saturated rings. The van der Waals surface area contributed by atoms with E-state index in [9.17, 15) is 23.1 Å². The molecule has 5 aromatic rings. The summed E-state index contributed by atoms with van der Waals surface area (Å²) in [5.74, 6) is -1.69. The molecule has 0 spiro atoms. The number of furan rings is 1. The van der Waals surface area contributed by atoms with Gasteiger partial charge in [-0.3, -0.25) is 14.7 Å². The number of rotatable bonds is 9. The van der Waals surface area contributed by atoms with Gasteiger partial charge in [0, 0.05) is 30.4 Å². The standard InChI is InChI=1S/C34H31F3N2O3/c1-22-30(29-10-5-4-7-26(29)18-38-22)21-39(20-28-15-16-31(42-28)34(35,36)37)19-23-11-13-24(14-12-23)25-8-6-9-27(17-25)33(2,3)32(40)41/h4-18H,19-21H2,1-3H3,(H,40,41). The van der Waals surface area contributed by atoms with Gasteiger partial charge in [-0.2, -0.15) is 13.2 Å². The molecule has 0 aliphatic heterocycles. The number of carboxylic acid groups (broad SMARTS) is 1. The monoisotopic (exact) mass is 572 g/mol. The number of halogens is 3. The predicted octanol–water partition coefficient (Wildman–Crippen LogP) is 8.39. The Morgan fingerprint density at radius 3 is 2.31 bits per heavy atom. The Labute approximate surface area is 242 Å². The first-order valence-electron chi connectivity index (χ1n) is 13.6. The molecule has 42 heavy (non-hydrogen) atoms. The molecule has 216 valence electrons. The van der Waals surface area contributed by atoms with Gasteiger partial charge in [-0.25, -0.2) is 0 Å². The first-order valence-corrected chi connectivity index (χ1v) is 13.6. The van der Waals surface area contributed by atoms with Crippen molar-refractivity contribution in [1.29, 1.82) is 0 Å². The van der Waals surface area contributed by atoms with Gasteiger partial charge in [0.2, 0.25) is 5.76 Å². The molecule has 5 nitrogen and oxygen atoms in total. The van der Waals surface area contributed by atoms with Crippen molar-refractivity contribution in [1.82, 2.24) is 9.88 Å². The van der Waals surface area contributed by atoms with E-state index in [-0.39, 0.29) is 12.3 Å². The molecule has 0 saturated carbocycles. The van der Waals surface area contributed by atoms with Gasteiger partial charge in [-0.15, -0.1) is 0 Å². The van der Waals surface area contributed by atoms with Crippen molar-refractivity contribution in [3.8, 4) is 11.1 Å². The predicted molar refractivity (Wildman–Crippen MR) is 156 cm³/mol. The molecule has 0 aliphatic rings. The van der Waals surface area contributed by atoms with Crippen molar-refractivity contribution >= 4 is 16.7 Å². The molecule has 0 atom stereocenters. The number of carbonyl (C=O) groups is 1. The van der Waals surface area contributed by atoms with Gasteiger partial charge in [0.05, 0.1) is 12.0 Å². The highest BCUT2D eigenvalue weighted by molar-refractivity contribution is 5.85. The Balaban J connectivity index is 1.43. The second kappa shape index (κ2) is 11.4. The lowest BCUT2D eigenvalue weighted by Gasteiger charge is -2.23. The van der Waals surface area contributed by atoms with Gasteiger partial charge in [0.1, 0.15) is 5.76 Å². The van der Waals surface area contributed by atoms with E-state index in [0.29, 0.717) is 18.7 Å². The van der Waals surface area contributed by atoms with E-state index in [1.165, 1.54) is 6.07 Å². The summed E-state index contributed by atoms with van der Waals surface area (Å²) in [6, 6.07) is 25.7. The molecule has 0 radical (unpaired) electrons. The van der Waals surface area contributed by atoms with Crippen LogP contribution in [0.5, 0.6) is 0 Å². The Morgan fingerprint density at radius 1 is 0.881 bits per heavy atom. The van der Waals surface area contributed by atoms with Crippen LogP contribution in [0.25, 0.3) is 21.9 Å². The van der Waals surface area contributed by atoms with E-state index in [0.717, 1.165) is 44.8 Å². The van der Waals surface area contributed by atoms with Gasteiger partial charge in [0.25, 0.3) is 0 Å². The van der Waals surface area contributed by atoms with E-state index < -0.39 is 23.3 Å². The lowest BCUT2D eigenvalue weighted by molar-refractivity contribution is -0.153. The number of fused-ring (bicyclic) bond motifs is 1. The maximum atomic E-state index is 13.2. The van der Waals surface area contributed by atoms with Crippen LogP contribution in [0.3, 0.4) is 0 Å². The fraction of sp³-hybridized carbons (Fsp3) is 0.235. The van der Waals surface area contributed by atoms with Crippen molar-refractivity contribution in [2.24, 2.45) is 0 Å². The van der Waals surface area contributed by atoms with Crippen molar-refractivity contribution in [2.75, 3.05) is 0 Å². The number of aliphatic carboxylic acids is 1. The first kappa shape index (κ1) is 29.1. The average molecular weight is 573 g/mol. The summed E-state index contributed by atoms with van der Waals surface area (Å²) in [6.07, 6.45) is -2.72. The van der Waals surface area contributed by atoms with Crippen LogP contribution in [0.15, 0.2) is 95.5 Å². The molecule has 0 aliphatic carbocycles. The number of benzene rings is 3. The van der Waals surface area contributed by atoms with Gasteiger partial charge in [0.15, 0.2) is 0 Å². The number of pyridine rings is 1. The molecule has 0 amide bonds. The smallest absolute Gasteiger partial charge is 0.449 e. The number of aromatic nitrogens is 1. The van der Waals surface area contributed by atoms with E-state index >= 15 is 0 Å². The quantitative estimate of drug-likeness (QED) is 0.192. The van der Waals surface area contributed by atoms with Crippen LogP contribution in [0.2, 0.25) is 0 Å². The SMILES string of the molecule is Cc1ncc2ccccc2c1CN(Cc1ccc(-c2cccc(C(C)(C)C(=O)O)c2)cc1)Cc1ccc(C(F)(F)F)o1. The molecule has 3 aromatic carbocycles. The highest BCUT2D eigenvalue weighted by Crippen LogP contribution is 2.32. The second-order valence-electron chi connectivity index (χ2n) is 11.0. The lowest BCUT2D eigenvalue weighted by Crippen LogP contribution is -2.28. The average Bonchev–Trinajstić information content (AvgIpc) is 3.44. The van der Waals surface area contributed by atoms with Crippen LogP contribution < -0.4 is 0 Å². The summed E-state index contributed by atoms with van der Waals surface area (Å²) in [6.45, 7) is 6.37. The lowest BCUT2D eigenvalue weighted by atomic mass is 9.83. The number of hydrogen-bond acceptors (Lipinski definition) is 4. The zero-order valence-electron chi connectivity index (χ0n) is 23.6. The first-order chi connectivity index (χ1) is 19.9. The van der Waals surface area contributed by atoms with Crippen LogP contribution in [0.1, 0.15) is 47.8 Å². The van der Waals surface area contributed by atoms with Gasteiger partial charge < -0.3 is 9.52 Å². The molecular formula is C34H31F3N2O3. The number of alkyl halides is 3. The highest BCUT2D eigenvalue weighted by atomic mass is 19.4. The molecule has 0 saturated heterocycles. The van der Waals surface area contributed by atoms with Crippen molar-refractivity contribution < 1.29 is 27.5 Å². The van der Waals surface area contributed by atoms with Crippen LogP contribution in [-0.2, 0) is 36.0 Å². The zero-order valence-corrected chi connectivity index (χ0v) is 23.6. The van der Waals surface area contributed by atoms with Crippen molar-refractivity contribution in [2.45, 2.75) is 52.0 Å². The largest absolute Gasteiger partial charge is 0.481 e. The fourth-order valence-corrected chi connectivity index (χ4v) is 5.02. The van der Waals surface area contributed by atoms with Gasteiger partial charge in [-0.05, 0) is 66.1 Å². The summed E-state index contributed by atoms with van der Waals surface area (Å²) in [4.78, 5) is 18.3. The summed E-state index contributed by atoms with van der Waals surface area (Å²) >= 11 is 0. The molecule has 5 rings (SSSR count). The fourth-order valence-electron chi connectivity index (χ4n) is 5.02. The second-order valence-corrected chi connectivity index (χ2v) is 11.0. The number of carboxylic acids is 1. The molecule has 8 heteroatoms. The molecule has 0 unspecified atom stereocenters. The Morgan fingerprint density at radius 2 is 1.62 bits per heavy atom. The molecule has 1 N–H and O–H groups in total. The normalized spacial score (nSPS) is 12.3. The Hall–Kier alpha value is -4.43. The zero-order chi connectivity index (χ0) is 30.1. The summed E-state index contributed by atoms with van der Waals surface area (Å²) in [5.41, 5.74) is 4.34. The van der Waals surface area contributed by atoms with Crippen LogP contribution in [0, 0.1) is 6.92 Å². The maximum absolute atomic E-state index is 13.2. The van der Waals surface area contributed by atoms with Gasteiger partial charge >= 0.3 is 12.1 Å². The number of aryl methyl sites for hydroxylation is 1. The molecular weight excluding hydrogens is 541 g/mol. The summed E-state index contributed by atoms with van der Waals surface area (Å²) in [7, 11) is 0. The Kier molecular flexibility index (Phi) is 7.93. The van der Waals surface area contributed by atoms with E-state index in [1.54, 1.807) is 13.8 Å². The minimum atomic E-state index is -4.55. The van der Waals surface area contributed by atoms with E-state index in [4.69, 9.17) is 4.42 Å². The van der Waals surface area contributed by atoms with Crippen LogP contribution >= 0.6 is 0 Å².